The Bertz CT molecular complexity index is 377. The van der Waals surface area contributed by atoms with E-state index in [1.54, 1.807) is 6.07 Å². The molecule has 0 aliphatic rings. The van der Waals surface area contributed by atoms with Crippen molar-refractivity contribution in [2.45, 2.75) is 13.3 Å². The summed E-state index contributed by atoms with van der Waals surface area (Å²) in [4.78, 5) is 11.4. The summed E-state index contributed by atoms with van der Waals surface area (Å²) in [6, 6.07) is 5.77. The minimum absolute atomic E-state index is 0.0334. The minimum atomic E-state index is -0.547. The number of rotatable bonds is 4. The lowest BCUT2D eigenvalue weighted by Gasteiger charge is -2.05. The van der Waals surface area contributed by atoms with Crippen molar-refractivity contribution in [2.24, 2.45) is 0 Å². The maximum atomic E-state index is 13.2. The number of hydrogen-bond donors (Lipinski definition) is 2. The molecule has 1 aromatic carbocycles. The Kier molecular flexibility index (Phi) is 3.97. The highest BCUT2D eigenvalue weighted by molar-refractivity contribution is 6.44. The van der Waals surface area contributed by atoms with Crippen LogP contribution in [-0.4, -0.2) is 18.2 Å². The molecule has 1 aromatic rings. The average Bonchev–Trinajstić information content (AvgIpc) is 2.25. The van der Waals surface area contributed by atoms with Crippen molar-refractivity contribution in [1.29, 1.82) is 5.41 Å². The Morgan fingerprint density at radius 3 is 2.73 bits per heavy atom. The summed E-state index contributed by atoms with van der Waals surface area (Å²) < 4.78 is 13.2. The third-order valence-electron chi connectivity index (χ3n) is 1.91. The van der Waals surface area contributed by atoms with Gasteiger partial charge in [-0.1, -0.05) is 19.1 Å². The van der Waals surface area contributed by atoms with Gasteiger partial charge in [-0.2, -0.15) is 0 Å². The largest absolute Gasteiger partial charge is 0.351 e. The van der Waals surface area contributed by atoms with Crippen LogP contribution in [0.15, 0.2) is 24.3 Å². The van der Waals surface area contributed by atoms with E-state index in [0.29, 0.717) is 6.54 Å². The number of benzene rings is 1. The van der Waals surface area contributed by atoms with E-state index in [1.165, 1.54) is 18.2 Å². The summed E-state index contributed by atoms with van der Waals surface area (Å²) in [7, 11) is 0. The molecule has 0 saturated carbocycles. The van der Waals surface area contributed by atoms with E-state index >= 15 is 0 Å². The molecule has 0 spiro atoms. The van der Waals surface area contributed by atoms with Gasteiger partial charge in [0.05, 0.1) is 0 Å². The summed E-state index contributed by atoms with van der Waals surface area (Å²) >= 11 is 0. The highest BCUT2D eigenvalue weighted by atomic mass is 19.1. The molecular weight excluding hydrogens is 195 g/mol. The Hall–Kier alpha value is -1.71. The topological polar surface area (TPSA) is 53.0 Å². The van der Waals surface area contributed by atoms with Gasteiger partial charge in [0.15, 0.2) is 0 Å². The molecule has 80 valence electrons. The molecule has 0 unspecified atom stereocenters. The van der Waals surface area contributed by atoms with Gasteiger partial charge in [0.1, 0.15) is 11.5 Å². The van der Waals surface area contributed by atoms with Gasteiger partial charge in [-0.3, -0.25) is 10.2 Å². The first-order valence-corrected chi connectivity index (χ1v) is 4.78. The van der Waals surface area contributed by atoms with E-state index in [2.05, 4.69) is 5.32 Å². The summed E-state index contributed by atoms with van der Waals surface area (Å²) in [5.74, 6) is -1.09. The lowest BCUT2D eigenvalue weighted by Crippen LogP contribution is -2.32. The monoisotopic (exact) mass is 208 g/mol. The summed E-state index contributed by atoms with van der Waals surface area (Å²) in [6.45, 7) is 2.41. The van der Waals surface area contributed by atoms with Gasteiger partial charge in [0.25, 0.3) is 5.91 Å². The fourth-order valence-electron chi connectivity index (χ4n) is 1.11. The van der Waals surface area contributed by atoms with Gasteiger partial charge in [-0.25, -0.2) is 4.39 Å². The van der Waals surface area contributed by atoms with Crippen molar-refractivity contribution in [2.75, 3.05) is 6.54 Å². The van der Waals surface area contributed by atoms with Crippen molar-refractivity contribution in [3.05, 3.63) is 35.6 Å². The lowest BCUT2D eigenvalue weighted by molar-refractivity contribution is -0.114. The van der Waals surface area contributed by atoms with Crippen molar-refractivity contribution >= 4 is 11.6 Å². The molecular formula is C11H13FN2O. The fraction of sp³-hybridized carbons (Fsp3) is 0.273. The standard InChI is InChI=1S/C11H13FN2O/c1-2-7-14-11(15)10(13)8-5-3-4-6-9(8)12/h3-6,13H,2,7H2,1H3,(H,14,15). The van der Waals surface area contributed by atoms with E-state index in [0.717, 1.165) is 6.42 Å². The second-order valence-electron chi connectivity index (χ2n) is 3.11. The maximum absolute atomic E-state index is 13.2. The fourth-order valence-corrected chi connectivity index (χ4v) is 1.11. The van der Waals surface area contributed by atoms with Gasteiger partial charge in [-0.05, 0) is 18.6 Å². The third-order valence-corrected chi connectivity index (χ3v) is 1.91. The van der Waals surface area contributed by atoms with E-state index in [1.807, 2.05) is 6.92 Å². The molecule has 0 heterocycles. The van der Waals surface area contributed by atoms with Gasteiger partial charge in [-0.15, -0.1) is 0 Å². The number of amides is 1. The molecule has 0 aromatic heterocycles. The van der Waals surface area contributed by atoms with Crippen molar-refractivity contribution in [3.63, 3.8) is 0 Å². The van der Waals surface area contributed by atoms with E-state index in [-0.39, 0.29) is 11.3 Å². The molecule has 0 bridgehead atoms. The predicted molar refractivity (Wildman–Crippen MR) is 56.5 cm³/mol. The molecule has 0 aliphatic carbocycles. The van der Waals surface area contributed by atoms with Crippen LogP contribution in [0.25, 0.3) is 0 Å². The average molecular weight is 208 g/mol. The zero-order valence-electron chi connectivity index (χ0n) is 8.51. The van der Waals surface area contributed by atoms with Gasteiger partial charge >= 0.3 is 0 Å². The molecule has 1 amide bonds. The molecule has 0 radical (unpaired) electrons. The van der Waals surface area contributed by atoms with Crippen LogP contribution in [0.5, 0.6) is 0 Å². The molecule has 15 heavy (non-hydrogen) atoms. The number of carbonyl (C=O) groups excluding carboxylic acids is 1. The normalized spacial score (nSPS) is 9.73. The van der Waals surface area contributed by atoms with E-state index in [9.17, 15) is 9.18 Å². The highest BCUT2D eigenvalue weighted by Gasteiger charge is 2.14. The zero-order valence-corrected chi connectivity index (χ0v) is 8.51. The van der Waals surface area contributed by atoms with Crippen LogP contribution >= 0.6 is 0 Å². The van der Waals surface area contributed by atoms with Gasteiger partial charge < -0.3 is 5.32 Å². The zero-order chi connectivity index (χ0) is 11.3. The first-order valence-electron chi connectivity index (χ1n) is 4.78. The van der Waals surface area contributed by atoms with Crippen LogP contribution in [0.1, 0.15) is 18.9 Å². The van der Waals surface area contributed by atoms with Crippen LogP contribution in [0.3, 0.4) is 0 Å². The molecule has 0 aliphatic heterocycles. The van der Waals surface area contributed by atoms with Crippen LogP contribution in [0, 0.1) is 11.2 Å². The molecule has 3 nitrogen and oxygen atoms in total. The number of halogens is 1. The first kappa shape index (κ1) is 11.4. The van der Waals surface area contributed by atoms with Crippen LogP contribution < -0.4 is 5.32 Å². The molecule has 1 rings (SSSR count). The van der Waals surface area contributed by atoms with Gasteiger partial charge in [0.2, 0.25) is 0 Å². The number of nitrogens with one attached hydrogen (secondary N) is 2. The van der Waals surface area contributed by atoms with E-state index in [4.69, 9.17) is 5.41 Å². The molecule has 0 atom stereocenters. The quantitative estimate of drug-likeness (QED) is 0.727. The van der Waals surface area contributed by atoms with Crippen LogP contribution in [-0.2, 0) is 4.79 Å². The molecule has 4 heteroatoms. The Morgan fingerprint density at radius 2 is 2.13 bits per heavy atom. The summed E-state index contributed by atoms with van der Waals surface area (Å²) in [5.41, 5.74) is -0.298. The Morgan fingerprint density at radius 1 is 1.47 bits per heavy atom. The second kappa shape index (κ2) is 5.24. The third kappa shape index (κ3) is 2.87. The van der Waals surface area contributed by atoms with Crippen LogP contribution in [0.4, 0.5) is 4.39 Å². The molecule has 0 fully saturated rings. The minimum Gasteiger partial charge on any atom is -0.351 e. The number of carbonyl (C=O) groups is 1. The van der Waals surface area contributed by atoms with Crippen LogP contribution in [0.2, 0.25) is 0 Å². The van der Waals surface area contributed by atoms with Crippen molar-refractivity contribution < 1.29 is 9.18 Å². The predicted octanol–water partition coefficient (Wildman–Crippen LogP) is 1.72. The first-order chi connectivity index (χ1) is 7.16. The summed E-state index contributed by atoms with van der Waals surface area (Å²) in [5, 5.41) is 10.0. The lowest BCUT2D eigenvalue weighted by atomic mass is 10.1. The van der Waals surface area contributed by atoms with Crippen molar-refractivity contribution in [3.8, 4) is 0 Å². The second-order valence-corrected chi connectivity index (χ2v) is 3.11. The smallest absolute Gasteiger partial charge is 0.269 e. The highest BCUT2D eigenvalue weighted by Crippen LogP contribution is 2.06. The SMILES string of the molecule is CCCNC(=O)C(=N)c1ccccc1F. The number of hydrogen-bond acceptors (Lipinski definition) is 2. The van der Waals surface area contributed by atoms with E-state index < -0.39 is 11.7 Å². The maximum Gasteiger partial charge on any atom is 0.269 e. The molecule has 2 N–H and O–H groups in total. The van der Waals surface area contributed by atoms with Gasteiger partial charge in [0, 0.05) is 12.1 Å². The Balaban J connectivity index is 2.77. The Labute approximate surface area is 87.8 Å². The molecule has 0 saturated heterocycles. The summed E-state index contributed by atoms with van der Waals surface area (Å²) in [6.07, 6.45) is 0.788. The van der Waals surface area contributed by atoms with Crippen molar-refractivity contribution in [1.82, 2.24) is 5.32 Å².